The molecule has 0 unspecified atom stereocenters. The minimum absolute atomic E-state index is 0.168. The van der Waals surface area contributed by atoms with Crippen LogP contribution in [0.1, 0.15) is 23.0 Å². The van der Waals surface area contributed by atoms with Crippen molar-refractivity contribution in [3.8, 4) is 5.75 Å². The van der Waals surface area contributed by atoms with E-state index in [1.54, 1.807) is 23.1 Å². The molecule has 7 heteroatoms. The lowest BCUT2D eigenvalue weighted by Gasteiger charge is -2.34. The standard InChI is InChI=1S/C17H17ClN2O3S/c1-2-9-19-16(21)13-10-20(11-5-3-4-6-12(11)23-13)17(22)14-7-8-15(18)24-14/h3-8,13H,2,9-10H2,1H3,(H,19,21)/t13-/m0/s1. The number of rotatable bonds is 4. The van der Waals surface area contributed by atoms with E-state index in [-0.39, 0.29) is 18.4 Å². The predicted octanol–water partition coefficient (Wildman–Crippen LogP) is 3.34. The van der Waals surface area contributed by atoms with Crippen molar-refractivity contribution in [2.24, 2.45) is 0 Å². The van der Waals surface area contributed by atoms with E-state index in [4.69, 9.17) is 16.3 Å². The second-order valence-electron chi connectivity index (χ2n) is 5.38. The van der Waals surface area contributed by atoms with Crippen LogP contribution in [0.25, 0.3) is 0 Å². The van der Waals surface area contributed by atoms with Crippen LogP contribution in [0.15, 0.2) is 36.4 Å². The van der Waals surface area contributed by atoms with Gasteiger partial charge in [0.1, 0.15) is 5.75 Å². The molecule has 0 spiro atoms. The molecule has 0 aliphatic carbocycles. The maximum atomic E-state index is 12.8. The third kappa shape index (κ3) is 3.39. The first-order valence-corrected chi connectivity index (χ1v) is 8.90. The Morgan fingerprint density at radius 1 is 1.33 bits per heavy atom. The van der Waals surface area contributed by atoms with Crippen molar-refractivity contribution in [2.45, 2.75) is 19.4 Å². The number of para-hydroxylation sites is 2. The maximum absolute atomic E-state index is 12.8. The van der Waals surface area contributed by atoms with Gasteiger partial charge in [-0.25, -0.2) is 0 Å². The van der Waals surface area contributed by atoms with Crippen LogP contribution in [0.4, 0.5) is 5.69 Å². The number of halogens is 1. The third-order valence-corrected chi connectivity index (χ3v) is 4.86. The van der Waals surface area contributed by atoms with Crippen LogP contribution in [-0.4, -0.2) is 31.0 Å². The lowest BCUT2D eigenvalue weighted by atomic mass is 10.1. The van der Waals surface area contributed by atoms with E-state index in [0.717, 1.165) is 6.42 Å². The van der Waals surface area contributed by atoms with Crippen molar-refractivity contribution >= 4 is 40.4 Å². The zero-order valence-corrected chi connectivity index (χ0v) is 14.7. The molecule has 0 fully saturated rings. The number of benzene rings is 1. The fourth-order valence-corrected chi connectivity index (χ4v) is 3.48. The number of hydrogen-bond donors (Lipinski definition) is 1. The molecule has 1 aliphatic rings. The largest absolute Gasteiger partial charge is 0.477 e. The minimum Gasteiger partial charge on any atom is -0.477 e. The van der Waals surface area contributed by atoms with Crippen molar-refractivity contribution in [3.63, 3.8) is 0 Å². The molecule has 24 heavy (non-hydrogen) atoms. The summed E-state index contributed by atoms with van der Waals surface area (Å²) in [5.41, 5.74) is 0.659. The predicted molar refractivity (Wildman–Crippen MR) is 95.2 cm³/mol. The topological polar surface area (TPSA) is 58.6 Å². The number of thiophene rings is 1. The molecule has 1 N–H and O–H groups in total. The Hall–Kier alpha value is -2.05. The number of fused-ring (bicyclic) bond motifs is 1. The molecule has 0 radical (unpaired) electrons. The highest BCUT2D eigenvalue weighted by atomic mass is 35.5. The summed E-state index contributed by atoms with van der Waals surface area (Å²) in [4.78, 5) is 27.2. The monoisotopic (exact) mass is 364 g/mol. The SMILES string of the molecule is CCCNC(=O)[C@@H]1CN(C(=O)c2ccc(Cl)s2)c2ccccc2O1. The van der Waals surface area contributed by atoms with Gasteiger partial charge in [0.15, 0.2) is 6.10 Å². The van der Waals surface area contributed by atoms with E-state index in [1.807, 2.05) is 25.1 Å². The molecular weight excluding hydrogens is 348 g/mol. The summed E-state index contributed by atoms with van der Waals surface area (Å²) in [6.07, 6.45) is 0.108. The Kier molecular flexibility index (Phi) is 5.06. The van der Waals surface area contributed by atoms with Crippen molar-refractivity contribution < 1.29 is 14.3 Å². The molecule has 2 amide bonds. The summed E-state index contributed by atoms with van der Waals surface area (Å²) in [5.74, 6) is 0.126. The molecule has 3 rings (SSSR count). The number of anilines is 1. The second-order valence-corrected chi connectivity index (χ2v) is 7.10. The number of amides is 2. The summed E-state index contributed by atoms with van der Waals surface area (Å²) in [6.45, 7) is 2.73. The van der Waals surface area contributed by atoms with Crippen LogP contribution in [-0.2, 0) is 4.79 Å². The summed E-state index contributed by atoms with van der Waals surface area (Å²) in [7, 11) is 0. The molecule has 2 aromatic rings. The Labute approximate surface area is 149 Å². The molecule has 126 valence electrons. The van der Waals surface area contributed by atoms with Crippen molar-refractivity contribution in [1.82, 2.24) is 5.32 Å². The number of carbonyl (C=O) groups excluding carboxylic acids is 2. The number of nitrogens with one attached hydrogen (secondary N) is 1. The quantitative estimate of drug-likeness (QED) is 0.905. The summed E-state index contributed by atoms with van der Waals surface area (Å²) in [5, 5.41) is 2.82. The number of carbonyl (C=O) groups is 2. The second kappa shape index (κ2) is 7.23. The van der Waals surface area contributed by atoms with E-state index in [2.05, 4.69) is 5.32 Å². The van der Waals surface area contributed by atoms with E-state index < -0.39 is 6.10 Å². The highest BCUT2D eigenvalue weighted by Gasteiger charge is 2.34. The first-order valence-electron chi connectivity index (χ1n) is 7.70. The van der Waals surface area contributed by atoms with Crippen LogP contribution < -0.4 is 15.0 Å². The van der Waals surface area contributed by atoms with Gasteiger partial charge < -0.3 is 10.1 Å². The third-order valence-electron chi connectivity index (χ3n) is 3.64. The van der Waals surface area contributed by atoms with E-state index in [0.29, 0.717) is 27.2 Å². The highest BCUT2D eigenvalue weighted by molar-refractivity contribution is 7.18. The summed E-state index contributed by atoms with van der Waals surface area (Å²) < 4.78 is 6.34. The van der Waals surface area contributed by atoms with Gasteiger partial charge in [-0.3, -0.25) is 14.5 Å². The first-order chi connectivity index (χ1) is 11.6. The Bertz CT molecular complexity index is 762. The van der Waals surface area contributed by atoms with Crippen LogP contribution in [0.2, 0.25) is 4.34 Å². The molecule has 0 saturated heterocycles. The van der Waals surface area contributed by atoms with Crippen LogP contribution in [0, 0.1) is 0 Å². The van der Waals surface area contributed by atoms with Crippen molar-refractivity contribution in [1.29, 1.82) is 0 Å². The van der Waals surface area contributed by atoms with Crippen LogP contribution >= 0.6 is 22.9 Å². The molecule has 0 saturated carbocycles. The zero-order valence-electron chi connectivity index (χ0n) is 13.1. The average molecular weight is 365 g/mol. The summed E-state index contributed by atoms with van der Waals surface area (Å²) >= 11 is 7.16. The van der Waals surface area contributed by atoms with E-state index in [1.165, 1.54) is 11.3 Å². The van der Waals surface area contributed by atoms with E-state index >= 15 is 0 Å². The van der Waals surface area contributed by atoms with Gasteiger partial charge in [-0.2, -0.15) is 0 Å². The molecular formula is C17H17ClN2O3S. The zero-order chi connectivity index (χ0) is 17.1. The van der Waals surface area contributed by atoms with Gasteiger partial charge in [0.05, 0.1) is 21.4 Å². The van der Waals surface area contributed by atoms with E-state index in [9.17, 15) is 9.59 Å². The van der Waals surface area contributed by atoms with Gasteiger partial charge >= 0.3 is 0 Å². The van der Waals surface area contributed by atoms with Gasteiger partial charge in [0.25, 0.3) is 11.8 Å². The Balaban J connectivity index is 1.89. The molecule has 0 bridgehead atoms. The lowest BCUT2D eigenvalue weighted by Crippen LogP contribution is -2.50. The number of nitrogens with zero attached hydrogens (tertiary/aromatic N) is 1. The smallest absolute Gasteiger partial charge is 0.268 e. The van der Waals surface area contributed by atoms with Gasteiger partial charge in [0, 0.05) is 6.54 Å². The first kappa shape index (κ1) is 16.8. The van der Waals surface area contributed by atoms with Crippen molar-refractivity contribution in [3.05, 3.63) is 45.6 Å². The molecule has 5 nitrogen and oxygen atoms in total. The molecule has 1 aromatic heterocycles. The molecule has 1 aromatic carbocycles. The summed E-state index contributed by atoms with van der Waals surface area (Å²) in [6, 6.07) is 10.6. The fourth-order valence-electron chi connectivity index (χ4n) is 2.49. The Morgan fingerprint density at radius 3 is 2.83 bits per heavy atom. The number of ether oxygens (including phenoxy) is 1. The van der Waals surface area contributed by atoms with Crippen LogP contribution in [0.3, 0.4) is 0 Å². The van der Waals surface area contributed by atoms with Crippen LogP contribution in [0.5, 0.6) is 5.75 Å². The van der Waals surface area contributed by atoms with Gasteiger partial charge in [-0.1, -0.05) is 30.7 Å². The average Bonchev–Trinajstić information content (AvgIpc) is 3.04. The minimum atomic E-state index is -0.731. The molecule has 1 aliphatic heterocycles. The molecule has 1 atom stereocenters. The fraction of sp³-hybridized carbons (Fsp3) is 0.294. The van der Waals surface area contributed by atoms with Gasteiger partial charge in [-0.15, -0.1) is 11.3 Å². The number of hydrogen-bond acceptors (Lipinski definition) is 4. The Morgan fingerprint density at radius 2 is 2.12 bits per heavy atom. The highest BCUT2D eigenvalue weighted by Crippen LogP contribution is 2.35. The van der Waals surface area contributed by atoms with Gasteiger partial charge in [-0.05, 0) is 30.7 Å². The van der Waals surface area contributed by atoms with Gasteiger partial charge in [0.2, 0.25) is 0 Å². The normalized spacial score (nSPS) is 16.2. The lowest BCUT2D eigenvalue weighted by molar-refractivity contribution is -0.127. The maximum Gasteiger partial charge on any atom is 0.268 e. The molecule has 2 heterocycles. The van der Waals surface area contributed by atoms with Crippen molar-refractivity contribution in [2.75, 3.05) is 18.0 Å².